The molecule has 0 aliphatic carbocycles. The normalized spacial score (nSPS) is 12.0. The molecular weight excluding hydrogens is 286 g/mol. The molecule has 2 rings (SSSR count). The number of rotatable bonds is 4. The van der Waals surface area contributed by atoms with Crippen LogP contribution in [-0.2, 0) is 17.1 Å². The van der Waals surface area contributed by atoms with E-state index in [4.69, 9.17) is 0 Å². The summed E-state index contributed by atoms with van der Waals surface area (Å²) in [5.41, 5.74) is 3.60. The van der Waals surface area contributed by atoms with E-state index in [1.165, 1.54) is 10.1 Å². The summed E-state index contributed by atoms with van der Waals surface area (Å²) in [6.07, 6.45) is 1.57. The number of hydrogen-bond donors (Lipinski definition) is 1. The second kappa shape index (κ2) is 5.73. The zero-order valence-corrected chi connectivity index (χ0v) is 13.4. The minimum atomic E-state index is -3.57. The van der Waals surface area contributed by atoms with Gasteiger partial charge in [-0.25, -0.2) is 8.42 Å². The Morgan fingerprint density at radius 2 is 1.76 bits per heavy atom. The molecule has 6 heteroatoms. The van der Waals surface area contributed by atoms with E-state index in [2.05, 4.69) is 9.82 Å². The predicted octanol–water partition coefficient (Wildman–Crippen LogP) is 2.76. The van der Waals surface area contributed by atoms with Crippen molar-refractivity contribution in [2.24, 2.45) is 7.05 Å². The number of anilines is 1. The molecule has 112 valence electrons. The maximum atomic E-state index is 12.1. The zero-order valence-electron chi connectivity index (χ0n) is 12.6. The fraction of sp³-hybridized carbons (Fsp3) is 0.267. The molecule has 0 saturated heterocycles. The Kier molecular flexibility index (Phi) is 4.18. The lowest BCUT2D eigenvalue weighted by Gasteiger charge is -2.06. The third-order valence-electron chi connectivity index (χ3n) is 3.28. The van der Waals surface area contributed by atoms with Crippen LogP contribution in [0.5, 0.6) is 0 Å². The molecule has 0 unspecified atom stereocenters. The van der Waals surface area contributed by atoms with Gasteiger partial charge in [0, 0.05) is 12.6 Å². The van der Waals surface area contributed by atoms with Gasteiger partial charge in [0.25, 0.3) is 10.0 Å². The third-order valence-corrected chi connectivity index (χ3v) is 4.25. The van der Waals surface area contributed by atoms with Crippen LogP contribution in [-0.4, -0.2) is 18.2 Å². The maximum absolute atomic E-state index is 12.1. The van der Waals surface area contributed by atoms with Crippen LogP contribution >= 0.6 is 0 Å². The summed E-state index contributed by atoms with van der Waals surface area (Å²) in [6.45, 7) is 5.67. The number of hydrogen-bond acceptors (Lipinski definition) is 3. The molecule has 1 aromatic heterocycles. The van der Waals surface area contributed by atoms with E-state index in [1.54, 1.807) is 13.1 Å². The van der Waals surface area contributed by atoms with Crippen molar-refractivity contribution in [3.8, 4) is 0 Å². The first-order valence-corrected chi connectivity index (χ1v) is 8.11. The van der Waals surface area contributed by atoms with E-state index in [0.717, 1.165) is 22.4 Å². The van der Waals surface area contributed by atoms with Gasteiger partial charge in [-0.15, -0.1) is 0 Å². The van der Waals surface area contributed by atoms with Crippen LogP contribution in [0.4, 0.5) is 5.82 Å². The Labute approximate surface area is 125 Å². The highest BCUT2D eigenvalue weighted by Gasteiger charge is 2.14. The molecule has 0 fully saturated rings. The molecule has 0 amide bonds. The largest absolute Gasteiger partial charge is 0.264 e. The number of sulfonamides is 1. The first-order valence-electron chi connectivity index (χ1n) is 6.56. The van der Waals surface area contributed by atoms with Gasteiger partial charge in [-0.1, -0.05) is 29.8 Å². The molecule has 0 spiro atoms. The highest BCUT2D eigenvalue weighted by molar-refractivity contribution is 7.95. The molecule has 0 aliphatic rings. The summed E-state index contributed by atoms with van der Waals surface area (Å²) < 4.78 is 28.3. The van der Waals surface area contributed by atoms with Crippen molar-refractivity contribution in [2.75, 3.05) is 4.72 Å². The highest BCUT2D eigenvalue weighted by Crippen LogP contribution is 2.19. The molecule has 2 aromatic rings. The summed E-state index contributed by atoms with van der Waals surface area (Å²) in [7, 11) is -1.86. The second-order valence-corrected chi connectivity index (χ2v) is 6.61. The topological polar surface area (TPSA) is 64.0 Å². The van der Waals surface area contributed by atoms with Gasteiger partial charge in [-0.3, -0.25) is 9.40 Å². The number of nitrogens with zero attached hydrogens (tertiary/aromatic N) is 2. The van der Waals surface area contributed by atoms with Gasteiger partial charge in [0.15, 0.2) is 0 Å². The zero-order chi connectivity index (χ0) is 15.6. The van der Waals surface area contributed by atoms with Crippen molar-refractivity contribution in [3.63, 3.8) is 0 Å². The monoisotopic (exact) mass is 305 g/mol. The Hall–Kier alpha value is -2.08. The lowest BCUT2D eigenvalue weighted by Crippen LogP contribution is -2.12. The second-order valence-electron chi connectivity index (χ2n) is 5.04. The minimum absolute atomic E-state index is 0.487. The van der Waals surface area contributed by atoms with Gasteiger partial charge in [-0.05, 0) is 32.4 Å². The number of aromatic nitrogens is 2. The van der Waals surface area contributed by atoms with Crippen LogP contribution in [0.15, 0.2) is 29.7 Å². The predicted molar refractivity (Wildman–Crippen MR) is 85.4 cm³/mol. The van der Waals surface area contributed by atoms with Crippen LogP contribution in [0.1, 0.15) is 22.4 Å². The molecule has 1 heterocycles. The number of aryl methyl sites for hydroxylation is 3. The standard InChI is InChI=1S/C15H19N3O2S/c1-11-5-7-14(8-6-11)9-10-21(19,20)17-15-12(2)13(3)16-18(15)4/h5-10,17H,1-4H3. The molecular formula is C15H19N3O2S. The molecule has 1 N–H and O–H groups in total. The maximum Gasteiger partial charge on any atom is 0.256 e. The molecule has 0 saturated carbocycles. The highest BCUT2D eigenvalue weighted by atomic mass is 32.2. The van der Waals surface area contributed by atoms with Crippen molar-refractivity contribution in [3.05, 3.63) is 52.1 Å². The van der Waals surface area contributed by atoms with Gasteiger partial charge in [-0.2, -0.15) is 5.10 Å². The van der Waals surface area contributed by atoms with Gasteiger partial charge in [0.05, 0.1) is 11.1 Å². The molecule has 21 heavy (non-hydrogen) atoms. The fourth-order valence-electron chi connectivity index (χ4n) is 1.92. The van der Waals surface area contributed by atoms with E-state index in [0.29, 0.717) is 5.82 Å². The summed E-state index contributed by atoms with van der Waals surface area (Å²) in [5, 5.41) is 5.35. The summed E-state index contributed by atoms with van der Waals surface area (Å²) in [5.74, 6) is 0.487. The van der Waals surface area contributed by atoms with Gasteiger partial charge in [0.1, 0.15) is 5.82 Å². The SMILES string of the molecule is Cc1ccc(C=CS(=O)(=O)Nc2c(C)c(C)nn2C)cc1. The number of nitrogens with one attached hydrogen (secondary N) is 1. The summed E-state index contributed by atoms with van der Waals surface area (Å²) in [6, 6.07) is 7.63. The Bertz CT molecular complexity index is 772. The van der Waals surface area contributed by atoms with Gasteiger partial charge >= 0.3 is 0 Å². The summed E-state index contributed by atoms with van der Waals surface area (Å²) in [4.78, 5) is 0. The lowest BCUT2D eigenvalue weighted by molar-refractivity contribution is 0.608. The van der Waals surface area contributed by atoms with Crippen molar-refractivity contribution >= 4 is 21.9 Å². The average Bonchev–Trinajstić information content (AvgIpc) is 2.65. The summed E-state index contributed by atoms with van der Waals surface area (Å²) >= 11 is 0. The number of benzene rings is 1. The molecule has 0 atom stereocenters. The van der Waals surface area contributed by atoms with Crippen molar-refractivity contribution < 1.29 is 8.42 Å². The molecule has 5 nitrogen and oxygen atoms in total. The molecule has 0 bridgehead atoms. The van der Waals surface area contributed by atoms with Crippen LogP contribution in [0.25, 0.3) is 6.08 Å². The van der Waals surface area contributed by atoms with Gasteiger partial charge < -0.3 is 0 Å². The minimum Gasteiger partial charge on any atom is -0.264 e. The van der Waals surface area contributed by atoms with E-state index in [9.17, 15) is 8.42 Å². The molecule has 0 radical (unpaired) electrons. The Morgan fingerprint density at radius 3 is 2.29 bits per heavy atom. The third kappa shape index (κ3) is 3.72. The Balaban J connectivity index is 2.21. The van der Waals surface area contributed by atoms with Crippen molar-refractivity contribution in [1.29, 1.82) is 0 Å². The van der Waals surface area contributed by atoms with E-state index in [-0.39, 0.29) is 0 Å². The lowest BCUT2D eigenvalue weighted by atomic mass is 10.2. The van der Waals surface area contributed by atoms with E-state index >= 15 is 0 Å². The van der Waals surface area contributed by atoms with E-state index in [1.807, 2.05) is 45.0 Å². The fourth-order valence-corrected chi connectivity index (χ4v) is 2.88. The van der Waals surface area contributed by atoms with Crippen LogP contribution < -0.4 is 4.72 Å². The van der Waals surface area contributed by atoms with Crippen molar-refractivity contribution in [2.45, 2.75) is 20.8 Å². The smallest absolute Gasteiger partial charge is 0.256 e. The first kappa shape index (κ1) is 15.3. The van der Waals surface area contributed by atoms with Crippen LogP contribution in [0.2, 0.25) is 0 Å². The van der Waals surface area contributed by atoms with E-state index < -0.39 is 10.0 Å². The van der Waals surface area contributed by atoms with Crippen LogP contribution in [0, 0.1) is 20.8 Å². The van der Waals surface area contributed by atoms with Crippen molar-refractivity contribution in [1.82, 2.24) is 9.78 Å². The Morgan fingerprint density at radius 1 is 1.14 bits per heavy atom. The average molecular weight is 305 g/mol. The first-order chi connectivity index (χ1) is 9.78. The quantitative estimate of drug-likeness (QED) is 0.944. The van der Waals surface area contributed by atoms with Crippen LogP contribution in [0.3, 0.4) is 0 Å². The van der Waals surface area contributed by atoms with Gasteiger partial charge in [0.2, 0.25) is 0 Å². The molecule has 1 aromatic carbocycles. The molecule has 0 aliphatic heterocycles.